The highest BCUT2D eigenvalue weighted by Gasteiger charge is 2.22. The molecule has 0 aliphatic carbocycles. The van der Waals surface area contributed by atoms with Crippen molar-refractivity contribution in [2.45, 2.75) is 26.4 Å². The molecule has 0 fully saturated rings. The third-order valence-electron chi connectivity index (χ3n) is 2.19. The lowest BCUT2D eigenvalue weighted by molar-refractivity contribution is 0.00643. The second-order valence-corrected chi connectivity index (χ2v) is 4.95. The van der Waals surface area contributed by atoms with E-state index in [1.807, 2.05) is 12.1 Å². The van der Waals surface area contributed by atoms with Crippen molar-refractivity contribution >= 4 is 22.8 Å². The Kier molecular flexibility index (Phi) is 2.90. The first-order valence-corrected chi connectivity index (χ1v) is 5.62. The first-order valence-electron chi connectivity index (χ1n) is 5.62. The predicted octanol–water partition coefficient (Wildman–Crippen LogP) is 2.17. The lowest BCUT2D eigenvalue weighted by atomic mass is 10.2. The second kappa shape index (κ2) is 4.25. The highest BCUT2D eigenvalue weighted by atomic mass is 16.6. The number of hydrogen-bond donors (Lipinski definition) is 1. The maximum Gasteiger partial charge on any atom is 0.361 e. The Morgan fingerprint density at radius 3 is 2.28 bits per heavy atom. The fourth-order valence-electron chi connectivity index (χ4n) is 1.49. The van der Waals surface area contributed by atoms with Gasteiger partial charge in [-0.25, -0.2) is 14.8 Å². The van der Waals surface area contributed by atoms with Gasteiger partial charge in [0, 0.05) is 0 Å². The van der Waals surface area contributed by atoms with E-state index in [4.69, 9.17) is 10.5 Å². The molecule has 5 nitrogen and oxygen atoms in total. The number of nitrogens with two attached hydrogens (primary N) is 1. The number of anilines is 1. The lowest BCUT2D eigenvalue weighted by Crippen LogP contribution is -2.25. The van der Waals surface area contributed by atoms with E-state index in [1.165, 1.54) is 0 Å². The molecule has 2 N–H and O–H groups in total. The van der Waals surface area contributed by atoms with Crippen molar-refractivity contribution in [1.82, 2.24) is 9.97 Å². The minimum Gasteiger partial charge on any atom is -0.455 e. The first kappa shape index (κ1) is 12.3. The number of para-hydroxylation sites is 2. The van der Waals surface area contributed by atoms with Crippen LogP contribution in [0.3, 0.4) is 0 Å². The Morgan fingerprint density at radius 1 is 1.17 bits per heavy atom. The smallest absolute Gasteiger partial charge is 0.361 e. The topological polar surface area (TPSA) is 78.1 Å². The quantitative estimate of drug-likeness (QED) is 0.779. The van der Waals surface area contributed by atoms with E-state index in [2.05, 4.69) is 9.97 Å². The van der Waals surface area contributed by atoms with Crippen LogP contribution in [0.1, 0.15) is 31.3 Å². The van der Waals surface area contributed by atoms with Gasteiger partial charge < -0.3 is 10.5 Å². The van der Waals surface area contributed by atoms with Crippen molar-refractivity contribution in [3.8, 4) is 0 Å². The van der Waals surface area contributed by atoms with E-state index in [1.54, 1.807) is 32.9 Å². The summed E-state index contributed by atoms with van der Waals surface area (Å²) in [5, 5.41) is 0. The highest BCUT2D eigenvalue weighted by Crippen LogP contribution is 2.17. The van der Waals surface area contributed by atoms with Crippen LogP contribution in [-0.4, -0.2) is 21.5 Å². The van der Waals surface area contributed by atoms with Crippen molar-refractivity contribution in [3.05, 3.63) is 30.0 Å². The van der Waals surface area contributed by atoms with Gasteiger partial charge in [-0.05, 0) is 32.9 Å². The number of fused-ring (bicyclic) bond motifs is 1. The molecule has 2 aromatic rings. The van der Waals surface area contributed by atoms with Crippen molar-refractivity contribution < 1.29 is 9.53 Å². The van der Waals surface area contributed by atoms with Crippen molar-refractivity contribution in [2.75, 3.05) is 5.73 Å². The predicted molar refractivity (Wildman–Crippen MR) is 69.1 cm³/mol. The molecule has 1 aromatic heterocycles. The van der Waals surface area contributed by atoms with E-state index in [0.717, 1.165) is 0 Å². The molecule has 0 aliphatic rings. The molecule has 0 unspecified atom stereocenters. The summed E-state index contributed by atoms with van der Waals surface area (Å²) >= 11 is 0. The molecule has 0 bridgehead atoms. The van der Waals surface area contributed by atoms with Crippen LogP contribution < -0.4 is 5.73 Å². The minimum absolute atomic E-state index is 0.0589. The molecule has 0 aliphatic heterocycles. The van der Waals surface area contributed by atoms with Gasteiger partial charge >= 0.3 is 5.97 Å². The van der Waals surface area contributed by atoms with Crippen molar-refractivity contribution in [1.29, 1.82) is 0 Å². The number of nitrogen functional groups attached to an aromatic ring is 1. The summed E-state index contributed by atoms with van der Waals surface area (Å²) in [5.74, 6) is -0.471. The average Bonchev–Trinajstić information content (AvgIpc) is 2.25. The molecule has 5 heteroatoms. The van der Waals surface area contributed by atoms with Gasteiger partial charge in [0.25, 0.3) is 0 Å². The van der Waals surface area contributed by atoms with Gasteiger partial charge in [0.05, 0.1) is 11.0 Å². The summed E-state index contributed by atoms with van der Waals surface area (Å²) < 4.78 is 5.23. The Bertz CT molecular complexity index is 603. The van der Waals surface area contributed by atoms with Gasteiger partial charge in [-0.15, -0.1) is 0 Å². The summed E-state index contributed by atoms with van der Waals surface area (Å²) in [4.78, 5) is 20.3. The fraction of sp³-hybridized carbons (Fsp3) is 0.308. The molecule has 1 aromatic carbocycles. The summed E-state index contributed by atoms with van der Waals surface area (Å²) in [6.45, 7) is 5.36. The molecule has 1 heterocycles. The summed E-state index contributed by atoms with van der Waals surface area (Å²) in [5.41, 5.74) is 6.48. The Labute approximate surface area is 105 Å². The zero-order valence-corrected chi connectivity index (χ0v) is 10.6. The molecule has 18 heavy (non-hydrogen) atoms. The van der Waals surface area contributed by atoms with Crippen LogP contribution >= 0.6 is 0 Å². The molecule has 0 spiro atoms. The van der Waals surface area contributed by atoms with Crippen LogP contribution in [0.4, 0.5) is 5.82 Å². The van der Waals surface area contributed by atoms with Crippen LogP contribution in [-0.2, 0) is 4.74 Å². The number of esters is 1. The monoisotopic (exact) mass is 245 g/mol. The van der Waals surface area contributed by atoms with Crippen molar-refractivity contribution in [3.63, 3.8) is 0 Å². The number of nitrogens with zero attached hydrogens (tertiary/aromatic N) is 2. The van der Waals surface area contributed by atoms with Crippen LogP contribution in [0.15, 0.2) is 24.3 Å². The first-order chi connectivity index (χ1) is 8.37. The van der Waals surface area contributed by atoms with Crippen LogP contribution in [0.25, 0.3) is 11.0 Å². The van der Waals surface area contributed by atoms with Gasteiger partial charge in [-0.2, -0.15) is 0 Å². The average molecular weight is 245 g/mol. The molecule has 0 radical (unpaired) electrons. The minimum atomic E-state index is -0.586. The van der Waals surface area contributed by atoms with Gasteiger partial charge in [0.2, 0.25) is 0 Å². The summed E-state index contributed by atoms with van der Waals surface area (Å²) in [6, 6.07) is 7.23. The van der Waals surface area contributed by atoms with Crippen molar-refractivity contribution in [2.24, 2.45) is 0 Å². The van der Waals surface area contributed by atoms with Crippen LogP contribution in [0.5, 0.6) is 0 Å². The van der Waals surface area contributed by atoms with E-state index in [-0.39, 0.29) is 11.5 Å². The number of carbonyl (C=O) groups excluding carboxylic acids is 1. The zero-order chi connectivity index (χ0) is 13.3. The Morgan fingerprint density at radius 2 is 1.72 bits per heavy atom. The maximum atomic E-state index is 11.9. The van der Waals surface area contributed by atoms with E-state index in [9.17, 15) is 4.79 Å². The fourth-order valence-corrected chi connectivity index (χ4v) is 1.49. The highest BCUT2D eigenvalue weighted by molar-refractivity contribution is 5.94. The molecule has 0 saturated carbocycles. The number of aromatic nitrogens is 2. The molecule has 2 rings (SSSR count). The largest absolute Gasteiger partial charge is 0.455 e. The molecule has 0 atom stereocenters. The number of hydrogen-bond acceptors (Lipinski definition) is 5. The number of carbonyl (C=O) groups is 1. The molecular formula is C13H15N3O2. The number of rotatable bonds is 1. The third-order valence-corrected chi connectivity index (χ3v) is 2.19. The second-order valence-electron chi connectivity index (χ2n) is 4.95. The van der Waals surface area contributed by atoms with E-state index in [0.29, 0.717) is 11.0 Å². The molecular weight excluding hydrogens is 230 g/mol. The normalized spacial score (nSPS) is 11.5. The number of ether oxygens (including phenoxy) is 1. The van der Waals surface area contributed by atoms with Gasteiger partial charge in [-0.3, -0.25) is 0 Å². The summed E-state index contributed by atoms with van der Waals surface area (Å²) in [7, 11) is 0. The maximum absolute atomic E-state index is 11.9. The van der Waals surface area contributed by atoms with Gasteiger partial charge in [-0.1, -0.05) is 12.1 Å². The van der Waals surface area contributed by atoms with Gasteiger partial charge in [0.15, 0.2) is 11.5 Å². The zero-order valence-electron chi connectivity index (χ0n) is 10.6. The van der Waals surface area contributed by atoms with Crippen LogP contribution in [0, 0.1) is 0 Å². The SMILES string of the molecule is CC(C)(C)OC(=O)c1nc2ccccc2nc1N. The Hall–Kier alpha value is -2.17. The molecule has 0 saturated heterocycles. The molecule has 0 amide bonds. The van der Waals surface area contributed by atoms with Gasteiger partial charge in [0.1, 0.15) is 5.60 Å². The molecule has 94 valence electrons. The lowest BCUT2D eigenvalue weighted by Gasteiger charge is -2.19. The summed E-state index contributed by atoms with van der Waals surface area (Å²) in [6.07, 6.45) is 0. The van der Waals surface area contributed by atoms with E-state index >= 15 is 0 Å². The third kappa shape index (κ3) is 2.56. The number of benzene rings is 1. The van der Waals surface area contributed by atoms with E-state index < -0.39 is 11.6 Å². The standard InChI is InChI=1S/C13H15N3O2/c1-13(2,3)18-12(17)10-11(14)16-9-7-5-4-6-8(9)15-10/h4-7H,1-3H3,(H2,14,16). The van der Waals surface area contributed by atoms with Crippen LogP contribution in [0.2, 0.25) is 0 Å². The Balaban J connectivity index is 2.45.